The molecule has 2 aromatic carbocycles. The SMILES string of the molecule is Cl.Nc1ccc2c(c1)CCCC2NC(=O)COc1ccc(C(F)(F)F)cc1. The average Bonchev–Trinajstić information content (AvgIpc) is 2.59. The van der Waals surface area contributed by atoms with E-state index in [1.165, 1.54) is 12.1 Å². The largest absolute Gasteiger partial charge is 0.484 e. The zero-order chi connectivity index (χ0) is 18.7. The van der Waals surface area contributed by atoms with Gasteiger partial charge in [0.15, 0.2) is 6.61 Å². The van der Waals surface area contributed by atoms with Crippen LogP contribution in [-0.4, -0.2) is 12.5 Å². The van der Waals surface area contributed by atoms with Crippen molar-refractivity contribution in [3.63, 3.8) is 0 Å². The van der Waals surface area contributed by atoms with Gasteiger partial charge in [-0.3, -0.25) is 4.79 Å². The molecule has 0 saturated carbocycles. The Balaban J connectivity index is 0.00000261. The van der Waals surface area contributed by atoms with Crippen LogP contribution in [0.2, 0.25) is 0 Å². The zero-order valence-electron chi connectivity index (χ0n) is 14.4. The van der Waals surface area contributed by atoms with Gasteiger partial charge < -0.3 is 15.8 Å². The number of nitrogen functional groups attached to an aromatic ring is 1. The van der Waals surface area contributed by atoms with Crippen molar-refractivity contribution in [2.24, 2.45) is 0 Å². The molecule has 0 aliphatic heterocycles. The lowest BCUT2D eigenvalue weighted by Gasteiger charge is -2.26. The number of benzene rings is 2. The molecule has 1 atom stereocenters. The number of carbonyl (C=O) groups excluding carboxylic acids is 1. The van der Waals surface area contributed by atoms with Crippen LogP contribution < -0.4 is 15.8 Å². The Morgan fingerprint density at radius 3 is 2.56 bits per heavy atom. The van der Waals surface area contributed by atoms with Crippen LogP contribution in [0.5, 0.6) is 5.75 Å². The van der Waals surface area contributed by atoms with Crippen LogP contribution in [0.15, 0.2) is 42.5 Å². The predicted octanol–water partition coefficient (Wildman–Crippen LogP) is 4.28. The summed E-state index contributed by atoms with van der Waals surface area (Å²) in [6, 6.07) is 9.80. The van der Waals surface area contributed by atoms with E-state index in [2.05, 4.69) is 5.32 Å². The minimum Gasteiger partial charge on any atom is -0.484 e. The second-order valence-electron chi connectivity index (χ2n) is 6.28. The first kappa shape index (κ1) is 20.9. The molecule has 0 fully saturated rings. The molecule has 8 heteroatoms. The maximum atomic E-state index is 12.5. The van der Waals surface area contributed by atoms with Crippen molar-refractivity contribution in [3.8, 4) is 5.75 Å². The van der Waals surface area contributed by atoms with Crippen molar-refractivity contribution in [1.82, 2.24) is 5.32 Å². The number of amides is 1. The number of fused-ring (bicyclic) bond motifs is 1. The minimum atomic E-state index is -4.40. The molecule has 2 aromatic rings. The number of hydrogen-bond acceptors (Lipinski definition) is 3. The van der Waals surface area contributed by atoms with E-state index in [-0.39, 0.29) is 36.7 Å². The number of carbonyl (C=O) groups is 1. The van der Waals surface area contributed by atoms with E-state index in [0.29, 0.717) is 5.69 Å². The van der Waals surface area contributed by atoms with Gasteiger partial charge in [0.05, 0.1) is 11.6 Å². The number of ether oxygens (including phenoxy) is 1. The van der Waals surface area contributed by atoms with Crippen LogP contribution in [0.3, 0.4) is 0 Å². The molecule has 1 aliphatic carbocycles. The molecule has 0 saturated heterocycles. The third-order valence-corrected chi connectivity index (χ3v) is 4.37. The number of aryl methyl sites for hydroxylation is 1. The Bertz CT molecular complexity index is 795. The molecule has 0 aromatic heterocycles. The quantitative estimate of drug-likeness (QED) is 0.753. The highest BCUT2D eigenvalue weighted by Crippen LogP contribution is 2.31. The van der Waals surface area contributed by atoms with Crippen molar-refractivity contribution >= 4 is 24.0 Å². The fourth-order valence-corrected chi connectivity index (χ4v) is 3.11. The first-order valence-electron chi connectivity index (χ1n) is 8.30. The second kappa shape index (κ2) is 8.52. The molecule has 0 heterocycles. The van der Waals surface area contributed by atoms with Crippen molar-refractivity contribution in [3.05, 3.63) is 59.2 Å². The van der Waals surface area contributed by atoms with E-state index >= 15 is 0 Å². The topological polar surface area (TPSA) is 64.3 Å². The van der Waals surface area contributed by atoms with Gasteiger partial charge in [-0.2, -0.15) is 13.2 Å². The second-order valence-corrected chi connectivity index (χ2v) is 6.28. The van der Waals surface area contributed by atoms with Crippen LogP contribution >= 0.6 is 12.4 Å². The summed E-state index contributed by atoms with van der Waals surface area (Å²) in [6.07, 6.45) is -1.70. The summed E-state index contributed by atoms with van der Waals surface area (Å²) in [5.41, 5.74) is 7.92. The standard InChI is InChI=1S/C19H19F3N2O2.ClH/c20-19(21,22)13-4-7-15(8-5-13)26-11-18(25)24-17-3-1-2-12-10-14(23)6-9-16(12)17;/h4-10,17H,1-3,11,23H2,(H,24,25);1H. The average molecular weight is 401 g/mol. The molecule has 0 bridgehead atoms. The molecule has 3 rings (SSSR count). The number of hydrogen-bond donors (Lipinski definition) is 2. The molecule has 3 N–H and O–H groups in total. The first-order chi connectivity index (χ1) is 12.3. The smallest absolute Gasteiger partial charge is 0.416 e. The van der Waals surface area contributed by atoms with Crippen molar-refractivity contribution in [1.29, 1.82) is 0 Å². The highest BCUT2D eigenvalue weighted by Gasteiger charge is 2.30. The lowest BCUT2D eigenvalue weighted by Crippen LogP contribution is -2.34. The van der Waals surface area contributed by atoms with Gasteiger partial charge in [0.25, 0.3) is 5.91 Å². The van der Waals surface area contributed by atoms with Crippen molar-refractivity contribution < 1.29 is 22.7 Å². The fourth-order valence-electron chi connectivity index (χ4n) is 3.11. The Kier molecular flexibility index (Phi) is 6.59. The summed E-state index contributed by atoms with van der Waals surface area (Å²) >= 11 is 0. The molecular weight excluding hydrogens is 381 g/mol. The van der Waals surface area contributed by atoms with Gasteiger partial charge in [-0.15, -0.1) is 12.4 Å². The maximum Gasteiger partial charge on any atom is 0.416 e. The molecule has 146 valence electrons. The highest BCUT2D eigenvalue weighted by molar-refractivity contribution is 5.85. The van der Waals surface area contributed by atoms with Gasteiger partial charge in [-0.1, -0.05) is 6.07 Å². The molecule has 1 unspecified atom stereocenters. The van der Waals surface area contributed by atoms with Crippen LogP contribution in [0.4, 0.5) is 18.9 Å². The summed E-state index contributed by atoms with van der Waals surface area (Å²) in [7, 11) is 0. The molecule has 0 radical (unpaired) electrons. The molecule has 27 heavy (non-hydrogen) atoms. The Morgan fingerprint density at radius 2 is 1.89 bits per heavy atom. The van der Waals surface area contributed by atoms with E-state index < -0.39 is 11.7 Å². The Morgan fingerprint density at radius 1 is 1.19 bits per heavy atom. The number of halogens is 4. The van der Waals surface area contributed by atoms with E-state index in [0.717, 1.165) is 42.5 Å². The summed E-state index contributed by atoms with van der Waals surface area (Å²) in [4.78, 5) is 12.1. The first-order valence-corrected chi connectivity index (χ1v) is 8.30. The molecular formula is C19H20ClF3N2O2. The minimum absolute atomic E-state index is 0. The summed E-state index contributed by atoms with van der Waals surface area (Å²) in [6.45, 7) is -0.258. The van der Waals surface area contributed by atoms with E-state index in [1.807, 2.05) is 18.2 Å². The number of nitrogens with one attached hydrogen (secondary N) is 1. The summed E-state index contributed by atoms with van der Waals surface area (Å²) in [5, 5.41) is 2.92. The predicted molar refractivity (Wildman–Crippen MR) is 98.9 cm³/mol. The number of nitrogens with two attached hydrogens (primary N) is 1. The third kappa shape index (κ3) is 5.29. The number of anilines is 1. The van der Waals surface area contributed by atoms with Crippen molar-refractivity contribution in [2.75, 3.05) is 12.3 Å². The van der Waals surface area contributed by atoms with Gasteiger partial charge in [-0.25, -0.2) is 0 Å². The van der Waals surface area contributed by atoms with Gasteiger partial charge in [0.1, 0.15) is 5.75 Å². The van der Waals surface area contributed by atoms with Crippen molar-refractivity contribution in [2.45, 2.75) is 31.5 Å². The van der Waals surface area contributed by atoms with E-state index in [4.69, 9.17) is 10.5 Å². The van der Waals surface area contributed by atoms with Gasteiger partial charge in [0.2, 0.25) is 0 Å². The number of alkyl halides is 3. The van der Waals surface area contributed by atoms with E-state index in [9.17, 15) is 18.0 Å². The maximum absolute atomic E-state index is 12.5. The van der Waals surface area contributed by atoms with E-state index in [1.54, 1.807) is 0 Å². The number of rotatable bonds is 4. The molecule has 1 aliphatic rings. The van der Waals surface area contributed by atoms with Gasteiger partial charge in [0, 0.05) is 5.69 Å². The van der Waals surface area contributed by atoms with Crippen LogP contribution in [0.25, 0.3) is 0 Å². The highest BCUT2D eigenvalue weighted by atomic mass is 35.5. The lowest BCUT2D eigenvalue weighted by atomic mass is 9.87. The monoisotopic (exact) mass is 400 g/mol. The Labute approximate surface area is 161 Å². The normalized spacial score (nSPS) is 16.0. The zero-order valence-corrected chi connectivity index (χ0v) is 15.2. The van der Waals surface area contributed by atoms with Gasteiger partial charge >= 0.3 is 6.18 Å². The van der Waals surface area contributed by atoms with Gasteiger partial charge in [-0.05, 0) is 66.8 Å². The third-order valence-electron chi connectivity index (χ3n) is 4.37. The molecule has 0 spiro atoms. The summed E-state index contributed by atoms with van der Waals surface area (Å²) in [5.74, 6) is -0.107. The molecule has 1 amide bonds. The Hall–Kier alpha value is -2.41. The summed E-state index contributed by atoms with van der Waals surface area (Å²) < 4.78 is 42.9. The molecule has 4 nitrogen and oxygen atoms in total. The van der Waals surface area contributed by atoms with Crippen LogP contribution in [0, 0.1) is 0 Å². The van der Waals surface area contributed by atoms with Crippen LogP contribution in [-0.2, 0) is 17.4 Å². The van der Waals surface area contributed by atoms with Crippen LogP contribution in [0.1, 0.15) is 35.6 Å². The fraction of sp³-hybridized carbons (Fsp3) is 0.316. The lowest BCUT2D eigenvalue weighted by molar-refractivity contribution is -0.137.